The molecule has 0 aliphatic rings. The molecule has 8 heteroatoms. The average molecular weight is 291 g/mol. The number of non-ortho nitro benzene ring substituents is 2. The van der Waals surface area contributed by atoms with Gasteiger partial charge in [-0.15, -0.1) is 0 Å². The minimum absolute atomic E-state index is 0.0940. The van der Waals surface area contributed by atoms with Gasteiger partial charge in [-0.1, -0.05) is 0 Å². The Morgan fingerprint density at radius 3 is 2.19 bits per heavy atom. The number of hydrogen-bond acceptors (Lipinski definition) is 6. The third-order valence-corrected chi connectivity index (χ3v) is 2.79. The third kappa shape index (κ3) is 3.42. The lowest BCUT2D eigenvalue weighted by Gasteiger charge is -2.01. The van der Waals surface area contributed by atoms with E-state index in [1.54, 1.807) is 12.1 Å². The molecule has 0 fully saturated rings. The Balaban J connectivity index is 2.45. The highest BCUT2D eigenvalue weighted by molar-refractivity contribution is 5.65. The molecule has 1 atom stereocenters. The average Bonchev–Trinajstić information content (AvgIpc) is 2.85. The van der Waals surface area contributed by atoms with Crippen molar-refractivity contribution in [2.75, 3.05) is 0 Å². The fourth-order valence-corrected chi connectivity index (χ4v) is 1.91. The quantitative estimate of drug-likeness (QED) is 0.666. The number of nitrogens with two attached hydrogens (primary N) is 1. The van der Waals surface area contributed by atoms with Gasteiger partial charge in [-0.05, 0) is 19.1 Å². The van der Waals surface area contributed by atoms with Crippen LogP contribution in [0.5, 0.6) is 0 Å². The summed E-state index contributed by atoms with van der Waals surface area (Å²) in [5, 5.41) is 21.7. The van der Waals surface area contributed by atoms with Crippen LogP contribution in [0.25, 0.3) is 11.3 Å². The number of benzene rings is 1. The molecule has 0 radical (unpaired) electrons. The summed E-state index contributed by atoms with van der Waals surface area (Å²) in [5.41, 5.74) is 5.23. The lowest BCUT2D eigenvalue weighted by atomic mass is 10.1. The molecule has 1 heterocycles. The fraction of sp³-hybridized carbons (Fsp3) is 0.231. The van der Waals surface area contributed by atoms with Crippen LogP contribution in [0.2, 0.25) is 0 Å². The summed E-state index contributed by atoms with van der Waals surface area (Å²) in [7, 11) is 0. The molecule has 0 aliphatic heterocycles. The van der Waals surface area contributed by atoms with Crippen molar-refractivity contribution in [2.45, 2.75) is 19.4 Å². The maximum absolute atomic E-state index is 10.8. The number of nitrogens with zero attached hydrogens (tertiary/aromatic N) is 2. The first-order chi connectivity index (χ1) is 9.86. The highest BCUT2D eigenvalue weighted by atomic mass is 16.6. The van der Waals surface area contributed by atoms with Crippen LogP contribution in [-0.2, 0) is 6.42 Å². The molecule has 1 aromatic heterocycles. The molecule has 8 nitrogen and oxygen atoms in total. The Morgan fingerprint density at radius 1 is 1.14 bits per heavy atom. The second-order valence-corrected chi connectivity index (χ2v) is 4.70. The molecule has 0 spiro atoms. The third-order valence-electron chi connectivity index (χ3n) is 2.79. The molecule has 1 aromatic carbocycles. The molecule has 2 N–H and O–H groups in total. The van der Waals surface area contributed by atoms with Gasteiger partial charge in [-0.3, -0.25) is 20.2 Å². The predicted molar refractivity (Wildman–Crippen MR) is 74.8 cm³/mol. The SMILES string of the molecule is CC(N)Cc1ccc(-c2cc([N+](=O)[O-])cc([N+](=O)[O-])c2)o1. The monoisotopic (exact) mass is 291 g/mol. The first-order valence-electron chi connectivity index (χ1n) is 6.15. The van der Waals surface area contributed by atoms with E-state index >= 15 is 0 Å². The summed E-state index contributed by atoms with van der Waals surface area (Å²) in [5.74, 6) is 0.951. The van der Waals surface area contributed by atoms with E-state index in [0.717, 1.165) is 6.07 Å². The molecule has 0 bridgehead atoms. The van der Waals surface area contributed by atoms with Gasteiger partial charge in [0, 0.05) is 30.2 Å². The lowest BCUT2D eigenvalue weighted by molar-refractivity contribution is -0.394. The fourth-order valence-electron chi connectivity index (χ4n) is 1.91. The van der Waals surface area contributed by atoms with Crippen molar-refractivity contribution in [3.8, 4) is 11.3 Å². The van der Waals surface area contributed by atoms with Crippen molar-refractivity contribution >= 4 is 11.4 Å². The van der Waals surface area contributed by atoms with Crippen LogP contribution in [0, 0.1) is 20.2 Å². The van der Waals surface area contributed by atoms with Crippen LogP contribution in [0.3, 0.4) is 0 Å². The smallest absolute Gasteiger partial charge is 0.277 e. The maximum Gasteiger partial charge on any atom is 0.277 e. The zero-order valence-corrected chi connectivity index (χ0v) is 11.2. The number of hydrogen-bond donors (Lipinski definition) is 1. The van der Waals surface area contributed by atoms with Gasteiger partial charge in [-0.2, -0.15) is 0 Å². The molecule has 110 valence electrons. The molecule has 0 saturated heterocycles. The molecule has 1 unspecified atom stereocenters. The van der Waals surface area contributed by atoms with E-state index in [-0.39, 0.29) is 23.0 Å². The minimum atomic E-state index is -0.678. The minimum Gasteiger partial charge on any atom is -0.461 e. The lowest BCUT2D eigenvalue weighted by Crippen LogP contribution is -2.17. The van der Waals surface area contributed by atoms with Crippen molar-refractivity contribution < 1.29 is 14.3 Å². The second kappa shape index (κ2) is 5.71. The summed E-state index contributed by atoms with van der Waals surface area (Å²) in [6.07, 6.45) is 0.511. The van der Waals surface area contributed by atoms with Gasteiger partial charge < -0.3 is 10.2 Å². The number of rotatable bonds is 5. The number of nitro groups is 2. The molecule has 0 saturated carbocycles. The summed E-state index contributed by atoms with van der Waals surface area (Å²) in [6.45, 7) is 1.82. The Bertz CT molecular complexity index is 661. The highest BCUT2D eigenvalue weighted by Gasteiger charge is 2.18. The van der Waals surface area contributed by atoms with Gasteiger partial charge in [0.25, 0.3) is 11.4 Å². The predicted octanol–water partition coefficient (Wildman–Crippen LogP) is 2.65. The van der Waals surface area contributed by atoms with Crippen molar-refractivity contribution in [1.29, 1.82) is 0 Å². The van der Waals surface area contributed by atoms with E-state index in [9.17, 15) is 20.2 Å². The summed E-state index contributed by atoms with van der Waals surface area (Å²) >= 11 is 0. The van der Waals surface area contributed by atoms with Crippen LogP contribution >= 0.6 is 0 Å². The van der Waals surface area contributed by atoms with Crippen LogP contribution < -0.4 is 5.73 Å². The van der Waals surface area contributed by atoms with Crippen molar-refractivity contribution in [3.05, 3.63) is 56.3 Å². The second-order valence-electron chi connectivity index (χ2n) is 4.70. The number of furan rings is 1. The standard InChI is InChI=1S/C13H13N3O5/c1-8(14)4-12-2-3-13(21-12)9-5-10(15(17)18)7-11(6-9)16(19)20/h2-3,5-8H,4,14H2,1H3. The van der Waals surface area contributed by atoms with E-state index in [2.05, 4.69) is 0 Å². The Morgan fingerprint density at radius 2 is 1.71 bits per heavy atom. The van der Waals surface area contributed by atoms with E-state index in [1.807, 2.05) is 6.92 Å². The summed E-state index contributed by atoms with van der Waals surface area (Å²) in [4.78, 5) is 20.3. The molecule has 0 aliphatic carbocycles. The topological polar surface area (TPSA) is 125 Å². The van der Waals surface area contributed by atoms with Crippen LogP contribution in [0.1, 0.15) is 12.7 Å². The molecule has 0 amide bonds. The maximum atomic E-state index is 10.8. The Hall–Kier alpha value is -2.74. The van der Waals surface area contributed by atoms with E-state index < -0.39 is 9.85 Å². The van der Waals surface area contributed by atoms with Gasteiger partial charge in [-0.25, -0.2) is 0 Å². The Labute approximate surface area is 119 Å². The van der Waals surface area contributed by atoms with Crippen molar-refractivity contribution in [2.24, 2.45) is 5.73 Å². The van der Waals surface area contributed by atoms with E-state index in [1.165, 1.54) is 12.1 Å². The highest BCUT2D eigenvalue weighted by Crippen LogP contribution is 2.30. The van der Waals surface area contributed by atoms with Crippen molar-refractivity contribution in [1.82, 2.24) is 0 Å². The van der Waals surface area contributed by atoms with Crippen LogP contribution in [-0.4, -0.2) is 15.9 Å². The molecule has 2 aromatic rings. The summed E-state index contributed by atoms with van der Waals surface area (Å²) < 4.78 is 5.52. The molecule has 2 rings (SSSR count). The Kier molecular flexibility index (Phi) is 3.99. The van der Waals surface area contributed by atoms with Gasteiger partial charge in [0.2, 0.25) is 0 Å². The largest absolute Gasteiger partial charge is 0.461 e. The van der Waals surface area contributed by atoms with Crippen LogP contribution in [0.15, 0.2) is 34.7 Å². The summed E-state index contributed by atoms with van der Waals surface area (Å²) in [6, 6.07) is 6.60. The molecular weight excluding hydrogens is 278 g/mol. The van der Waals surface area contributed by atoms with E-state index in [4.69, 9.17) is 10.2 Å². The van der Waals surface area contributed by atoms with Gasteiger partial charge in [0.15, 0.2) is 0 Å². The first-order valence-corrected chi connectivity index (χ1v) is 6.15. The van der Waals surface area contributed by atoms with E-state index in [0.29, 0.717) is 17.9 Å². The zero-order valence-electron chi connectivity index (χ0n) is 11.2. The van der Waals surface area contributed by atoms with Gasteiger partial charge in [0.1, 0.15) is 11.5 Å². The van der Waals surface area contributed by atoms with Crippen LogP contribution in [0.4, 0.5) is 11.4 Å². The van der Waals surface area contributed by atoms with Gasteiger partial charge >= 0.3 is 0 Å². The number of nitro benzene ring substituents is 2. The normalized spacial score (nSPS) is 12.1. The molecular formula is C13H13N3O5. The molecule has 21 heavy (non-hydrogen) atoms. The first kappa shape index (κ1) is 14.7. The van der Waals surface area contributed by atoms with Gasteiger partial charge in [0.05, 0.1) is 15.9 Å². The zero-order chi connectivity index (χ0) is 15.6. The van der Waals surface area contributed by atoms with Crippen molar-refractivity contribution in [3.63, 3.8) is 0 Å².